The predicted molar refractivity (Wildman–Crippen MR) is 70.9 cm³/mol. The van der Waals surface area contributed by atoms with Crippen molar-refractivity contribution in [2.24, 2.45) is 0 Å². The number of H-pyrrole nitrogens is 1. The third-order valence-corrected chi connectivity index (χ3v) is 3.36. The maximum absolute atomic E-state index is 4.42. The van der Waals surface area contributed by atoms with Gasteiger partial charge in [0.05, 0.1) is 0 Å². The highest BCUT2D eigenvalue weighted by molar-refractivity contribution is 5.91. The van der Waals surface area contributed by atoms with Crippen LogP contribution in [-0.4, -0.2) is 35.0 Å². The summed E-state index contributed by atoms with van der Waals surface area (Å²) in [5.74, 6) is 0. The highest BCUT2D eigenvalue weighted by atomic mass is 15.1. The third kappa shape index (κ3) is 1.87. The Labute approximate surface area is 101 Å². The molecule has 2 aromatic rings. The predicted octanol–water partition coefficient (Wildman–Crippen LogP) is 2.59. The summed E-state index contributed by atoms with van der Waals surface area (Å²) in [5.41, 5.74) is 4.92. The average Bonchev–Trinajstić information content (AvgIpc) is 2.71. The number of pyridine rings is 1. The van der Waals surface area contributed by atoms with Crippen molar-refractivity contribution in [1.82, 2.24) is 14.9 Å². The first kappa shape index (κ1) is 10.5. The molecule has 1 aliphatic rings. The van der Waals surface area contributed by atoms with Crippen LogP contribution < -0.4 is 0 Å². The molecule has 0 aromatic carbocycles. The Balaban J connectivity index is 2.11. The number of hydrogen-bond acceptors (Lipinski definition) is 2. The van der Waals surface area contributed by atoms with E-state index in [1.807, 2.05) is 6.20 Å². The number of nitrogens with one attached hydrogen (secondary N) is 1. The topological polar surface area (TPSA) is 31.9 Å². The lowest BCUT2D eigenvalue weighted by Crippen LogP contribution is -2.24. The lowest BCUT2D eigenvalue weighted by molar-refractivity contribution is 0.373. The zero-order valence-corrected chi connectivity index (χ0v) is 10.3. The minimum atomic E-state index is 0.986. The normalized spacial score (nSPS) is 17.4. The fourth-order valence-corrected chi connectivity index (χ4v) is 2.46. The Morgan fingerprint density at radius 2 is 2.29 bits per heavy atom. The van der Waals surface area contributed by atoms with Crippen LogP contribution in [0.4, 0.5) is 0 Å². The van der Waals surface area contributed by atoms with E-state index in [0.717, 1.165) is 25.2 Å². The van der Waals surface area contributed by atoms with Crippen LogP contribution in [0, 0.1) is 6.92 Å². The molecule has 0 saturated carbocycles. The Morgan fingerprint density at radius 3 is 3.12 bits per heavy atom. The van der Waals surface area contributed by atoms with E-state index >= 15 is 0 Å². The summed E-state index contributed by atoms with van der Waals surface area (Å²) in [4.78, 5) is 10.0. The molecule has 3 nitrogen and oxygen atoms in total. The van der Waals surface area contributed by atoms with Crippen LogP contribution in [-0.2, 0) is 0 Å². The summed E-state index contributed by atoms with van der Waals surface area (Å²) in [6, 6.07) is 2.21. The highest BCUT2D eigenvalue weighted by Gasteiger charge is 2.14. The number of nitrogens with zero attached hydrogens (tertiary/aromatic N) is 2. The zero-order chi connectivity index (χ0) is 11.8. The molecule has 3 heterocycles. The lowest BCUT2D eigenvalue weighted by atomic mass is 10.0. The van der Waals surface area contributed by atoms with Crippen molar-refractivity contribution >= 4 is 16.6 Å². The van der Waals surface area contributed by atoms with Crippen molar-refractivity contribution in [2.75, 3.05) is 20.1 Å². The number of likely N-dealkylation sites (N-methyl/N-ethyl adjacent to an activating group) is 1. The lowest BCUT2D eigenvalue weighted by Gasteiger charge is -2.22. The number of fused-ring (bicyclic) bond motifs is 1. The fourth-order valence-electron chi connectivity index (χ4n) is 2.46. The maximum Gasteiger partial charge on any atom is 0.137 e. The molecule has 3 heteroatoms. The maximum atomic E-state index is 4.42. The van der Waals surface area contributed by atoms with Gasteiger partial charge in [-0.25, -0.2) is 4.98 Å². The van der Waals surface area contributed by atoms with Crippen LogP contribution in [0.15, 0.2) is 24.5 Å². The summed E-state index contributed by atoms with van der Waals surface area (Å²) < 4.78 is 0. The summed E-state index contributed by atoms with van der Waals surface area (Å²) in [6.07, 6.45) is 7.48. The Kier molecular flexibility index (Phi) is 2.48. The summed E-state index contributed by atoms with van der Waals surface area (Å²) >= 11 is 0. The molecule has 1 N–H and O–H groups in total. The zero-order valence-electron chi connectivity index (χ0n) is 10.3. The van der Waals surface area contributed by atoms with Gasteiger partial charge in [-0.15, -0.1) is 0 Å². The van der Waals surface area contributed by atoms with Crippen molar-refractivity contribution in [3.8, 4) is 0 Å². The van der Waals surface area contributed by atoms with Gasteiger partial charge in [-0.05, 0) is 37.6 Å². The van der Waals surface area contributed by atoms with Gasteiger partial charge in [-0.1, -0.05) is 6.08 Å². The second-order valence-electron chi connectivity index (χ2n) is 4.87. The molecular formula is C14H17N3. The van der Waals surface area contributed by atoms with E-state index in [-0.39, 0.29) is 0 Å². The van der Waals surface area contributed by atoms with Crippen LogP contribution in [0.1, 0.15) is 17.5 Å². The first-order valence-corrected chi connectivity index (χ1v) is 6.06. The molecule has 0 spiro atoms. The summed E-state index contributed by atoms with van der Waals surface area (Å²) in [5, 5.41) is 1.24. The van der Waals surface area contributed by atoms with Gasteiger partial charge in [-0.2, -0.15) is 0 Å². The molecule has 1 aliphatic heterocycles. The average molecular weight is 227 g/mol. The smallest absolute Gasteiger partial charge is 0.137 e. The minimum absolute atomic E-state index is 0.986. The van der Waals surface area contributed by atoms with E-state index in [2.05, 4.69) is 47.2 Å². The van der Waals surface area contributed by atoms with E-state index < -0.39 is 0 Å². The largest absolute Gasteiger partial charge is 0.346 e. The van der Waals surface area contributed by atoms with E-state index in [0.29, 0.717) is 0 Å². The summed E-state index contributed by atoms with van der Waals surface area (Å²) in [7, 11) is 2.17. The van der Waals surface area contributed by atoms with Crippen LogP contribution in [0.5, 0.6) is 0 Å². The minimum Gasteiger partial charge on any atom is -0.346 e. The monoisotopic (exact) mass is 227 g/mol. The molecular weight excluding hydrogens is 210 g/mol. The highest BCUT2D eigenvalue weighted by Crippen LogP contribution is 2.27. The number of aromatic nitrogens is 2. The number of aromatic amines is 1. The van der Waals surface area contributed by atoms with Gasteiger partial charge in [0, 0.05) is 36.4 Å². The Morgan fingerprint density at radius 1 is 1.41 bits per heavy atom. The van der Waals surface area contributed by atoms with Crippen molar-refractivity contribution < 1.29 is 0 Å². The third-order valence-electron chi connectivity index (χ3n) is 3.36. The van der Waals surface area contributed by atoms with Gasteiger partial charge >= 0.3 is 0 Å². The molecule has 0 radical (unpaired) electrons. The second kappa shape index (κ2) is 4.00. The van der Waals surface area contributed by atoms with Crippen molar-refractivity contribution in [2.45, 2.75) is 13.3 Å². The Bertz CT molecular complexity index is 580. The van der Waals surface area contributed by atoms with E-state index in [1.54, 1.807) is 0 Å². The summed E-state index contributed by atoms with van der Waals surface area (Å²) in [6.45, 7) is 4.27. The van der Waals surface area contributed by atoms with Gasteiger partial charge in [0.15, 0.2) is 0 Å². The van der Waals surface area contributed by atoms with Gasteiger partial charge in [0.2, 0.25) is 0 Å². The van der Waals surface area contributed by atoms with E-state index in [4.69, 9.17) is 0 Å². The molecule has 2 aromatic heterocycles. The van der Waals surface area contributed by atoms with Gasteiger partial charge < -0.3 is 9.88 Å². The van der Waals surface area contributed by atoms with Crippen molar-refractivity contribution in [1.29, 1.82) is 0 Å². The van der Waals surface area contributed by atoms with Crippen LogP contribution in [0.3, 0.4) is 0 Å². The first-order valence-electron chi connectivity index (χ1n) is 6.06. The molecule has 0 amide bonds. The molecule has 17 heavy (non-hydrogen) atoms. The van der Waals surface area contributed by atoms with Crippen LogP contribution in [0.25, 0.3) is 16.6 Å². The molecule has 0 atom stereocenters. The van der Waals surface area contributed by atoms with Crippen molar-refractivity contribution in [3.63, 3.8) is 0 Å². The number of hydrogen-bond donors (Lipinski definition) is 1. The first-order chi connectivity index (χ1) is 8.24. The molecule has 0 aliphatic carbocycles. The van der Waals surface area contributed by atoms with Crippen molar-refractivity contribution in [3.05, 3.63) is 35.7 Å². The Hall–Kier alpha value is -1.61. The van der Waals surface area contributed by atoms with Gasteiger partial charge in [0.25, 0.3) is 0 Å². The van der Waals surface area contributed by atoms with E-state index in [9.17, 15) is 0 Å². The van der Waals surface area contributed by atoms with Gasteiger partial charge in [-0.3, -0.25) is 0 Å². The molecule has 3 rings (SSSR count). The quantitative estimate of drug-likeness (QED) is 0.812. The van der Waals surface area contributed by atoms with E-state index in [1.165, 1.54) is 22.1 Å². The molecule has 0 saturated heterocycles. The standard InChI is InChI=1S/C14H17N3/c1-10-6-12-13(8-16-14(12)15-7-10)11-4-3-5-17(2)9-11/h4,6-8H,3,5,9H2,1-2H3,(H,15,16). The fraction of sp³-hybridized carbons (Fsp3) is 0.357. The second-order valence-corrected chi connectivity index (χ2v) is 4.87. The molecule has 0 bridgehead atoms. The molecule has 0 unspecified atom stereocenters. The number of aryl methyl sites for hydroxylation is 1. The molecule has 0 fully saturated rings. The van der Waals surface area contributed by atoms with Crippen LogP contribution in [0.2, 0.25) is 0 Å². The number of rotatable bonds is 1. The van der Waals surface area contributed by atoms with Crippen LogP contribution >= 0.6 is 0 Å². The molecule has 88 valence electrons. The van der Waals surface area contributed by atoms with Gasteiger partial charge in [0.1, 0.15) is 5.65 Å². The SMILES string of the molecule is Cc1cnc2[nH]cc(C3=CCCN(C)C3)c2c1.